The first-order valence-electron chi connectivity index (χ1n) is 18.8. The number of aromatic nitrogens is 6. The molecule has 0 saturated carbocycles. The summed E-state index contributed by atoms with van der Waals surface area (Å²) in [6, 6.07) is 18.7. The van der Waals surface area contributed by atoms with Crippen LogP contribution in [0.15, 0.2) is 78.3 Å². The SMILES string of the molecule is [O-][NH+]1Nc2cc(-c3[c]c(-c4cc(-c5cc6cccnc6[nH]5)c5c(n4)OCCO5)c4c(c3)OC(c3cc5c(cn3)OCCO5)C(c3cnc5c(c3)OCCO5)O4)cnc2S1. The topological polar surface area (TPSA) is 194 Å². The first-order chi connectivity index (χ1) is 29.1. The van der Waals surface area contributed by atoms with Crippen LogP contribution in [-0.2, 0) is 0 Å². The number of aromatic amines is 1. The Bertz CT molecular complexity index is 2810. The Hall–Kier alpha value is -7.02. The molecule has 0 amide bonds. The van der Waals surface area contributed by atoms with Gasteiger partial charge < -0.3 is 48.1 Å². The average Bonchev–Trinajstić information content (AvgIpc) is 3.90. The van der Waals surface area contributed by atoms with E-state index in [1.54, 1.807) is 30.9 Å². The third-order valence-corrected chi connectivity index (χ3v) is 11.1. The van der Waals surface area contributed by atoms with Gasteiger partial charge in [-0.25, -0.2) is 29.9 Å². The normalized spacial score (nSPS) is 19.5. The molecule has 6 aromatic heterocycles. The monoisotopic (exact) mass is 809 g/mol. The van der Waals surface area contributed by atoms with Gasteiger partial charge in [0, 0.05) is 52.8 Å². The number of benzene rings is 1. The molecule has 0 fully saturated rings. The Labute approximate surface area is 338 Å². The standard InChI is InChI=1S/C41H29N8O9S/c50-49-48-29-12-22(17-45-41(29)59-49)21-10-24(27-15-25(36-40(47-27)56-9-7-54-36)26-11-20-2-1-3-42-38(20)46-26)35-31(13-21)57-37(28-16-30-33(19-43-28)53-5-4-51-30)34(58-35)23-14-32-39(44-18-23)55-8-6-52-32/h1-3,11-19,34,37,48-49H,4-9H2,(H,42,46). The predicted octanol–water partition coefficient (Wildman–Crippen LogP) is 5.24. The predicted molar refractivity (Wildman–Crippen MR) is 209 cm³/mol. The van der Waals surface area contributed by atoms with Crippen LogP contribution in [0.4, 0.5) is 5.69 Å². The number of nitrogens with zero attached hydrogens (tertiary/aromatic N) is 5. The third-order valence-electron chi connectivity index (χ3n) is 10.3. The van der Waals surface area contributed by atoms with Gasteiger partial charge in [0.05, 0.1) is 28.8 Å². The van der Waals surface area contributed by atoms with Crippen molar-refractivity contribution in [2.24, 2.45) is 0 Å². The number of nitrogens with one attached hydrogen (secondary N) is 3. The molecule has 0 saturated heterocycles. The summed E-state index contributed by atoms with van der Waals surface area (Å²) < 4.78 is 49.7. The fourth-order valence-electron chi connectivity index (χ4n) is 7.61. The largest absolute Gasteiger partial charge is 0.596 e. The number of hydrogen-bond donors (Lipinski definition) is 3. The van der Waals surface area contributed by atoms with Gasteiger partial charge >= 0.3 is 0 Å². The molecule has 3 unspecified atom stereocenters. The fraction of sp³-hybridized carbons (Fsp3) is 0.195. The Morgan fingerprint density at radius 1 is 0.729 bits per heavy atom. The van der Waals surface area contributed by atoms with Crippen LogP contribution >= 0.6 is 11.9 Å². The van der Waals surface area contributed by atoms with E-state index in [0.29, 0.717) is 136 Å². The summed E-state index contributed by atoms with van der Waals surface area (Å²) in [5, 5.41) is 13.8. The Balaban J connectivity index is 1.06. The van der Waals surface area contributed by atoms with E-state index >= 15 is 0 Å². The zero-order valence-corrected chi connectivity index (χ0v) is 31.5. The van der Waals surface area contributed by atoms with Gasteiger partial charge in [-0.1, -0.05) is 0 Å². The lowest BCUT2D eigenvalue weighted by Crippen LogP contribution is -3.02. The minimum Gasteiger partial charge on any atom is -0.596 e. The lowest BCUT2D eigenvalue weighted by Gasteiger charge is -2.35. The molecule has 5 aliphatic heterocycles. The van der Waals surface area contributed by atoms with Gasteiger partial charge in [-0.3, -0.25) is 4.98 Å². The van der Waals surface area contributed by atoms with Crippen LogP contribution in [0.3, 0.4) is 0 Å². The summed E-state index contributed by atoms with van der Waals surface area (Å²) in [6.45, 7) is 2.26. The maximum Gasteiger partial charge on any atom is 0.258 e. The van der Waals surface area contributed by atoms with E-state index in [2.05, 4.69) is 31.4 Å². The van der Waals surface area contributed by atoms with E-state index in [0.717, 1.165) is 28.7 Å². The maximum atomic E-state index is 12.3. The zero-order chi connectivity index (χ0) is 39.0. The minimum absolute atomic E-state index is 0.203. The van der Waals surface area contributed by atoms with Crippen LogP contribution in [-0.4, -0.2) is 69.5 Å². The van der Waals surface area contributed by atoms with Crippen LogP contribution in [0.2, 0.25) is 0 Å². The molecule has 18 heteroatoms. The molecule has 59 heavy (non-hydrogen) atoms. The van der Waals surface area contributed by atoms with Gasteiger partial charge in [-0.05, 0) is 48.0 Å². The molecular weight excluding hydrogens is 781 g/mol. The van der Waals surface area contributed by atoms with Crippen molar-refractivity contribution in [2.75, 3.05) is 45.1 Å². The second-order valence-corrected chi connectivity index (χ2v) is 14.9. The molecule has 12 rings (SSSR count). The highest BCUT2D eigenvalue weighted by molar-refractivity contribution is 7.93. The molecule has 1 aromatic carbocycles. The fourth-order valence-corrected chi connectivity index (χ4v) is 8.27. The van der Waals surface area contributed by atoms with Gasteiger partial charge in [0.2, 0.25) is 0 Å². The van der Waals surface area contributed by atoms with Crippen molar-refractivity contribution < 1.29 is 42.5 Å². The summed E-state index contributed by atoms with van der Waals surface area (Å²) in [5.74, 6) is 3.50. The number of rotatable bonds is 5. The third kappa shape index (κ3) is 5.90. The average molecular weight is 810 g/mol. The van der Waals surface area contributed by atoms with Gasteiger partial charge in [0.25, 0.3) is 11.8 Å². The number of quaternary nitrogens is 1. The Morgan fingerprint density at radius 3 is 2.49 bits per heavy atom. The molecule has 11 heterocycles. The molecule has 5 aliphatic rings. The maximum absolute atomic E-state index is 12.3. The van der Waals surface area contributed by atoms with E-state index < -0.39 is 12.2 Å². The minimum atomic E-state index is -0.817. The highest BCUT2D eigenvalue weighted by Gasteiger charge is 2.40. The summed E-state index contributed by atoms with van der Waals surface area (Å²) in [7, 11) is 0. The molecule has 3 atom stereocenters. The van der Waals surface area contributed by atoms with E-state index in [1.165, 1.54) is 0 Å². The van der Waals surface area contributed by atoms with Crippen LogP contribution in [0, 0.1) is 11.3 Å². The second-order valence-electron chi connectivity index (χ2n) is 14.0. The van der Waals surface area contributed by atoms with Gasteiger partial charge in [0.15, 0.2) is 63.7 Å². The zero-order valence-electron chi connectivity index (χ0n) is 30.6. The highest BCUT2D eigenvalue weighted by Crippen LogP contribution is 2.53. The number of H-pyrrole nitrogens is 1. The van der Waals surface area contributed by atoms with E-state index in [9.17, 15) is 5.21 Å². The quantitative estimate of drug-likeness (QED) is 0.151. The van der Waals surface area contributed by atoms with Crippen molar-refractivity contribution >= 4 is 28.7 Å². The smallest absolute Gasteiger partial charge is 0.258 e. The Kier molecular flexibility index (Phi) is 7.82. The van der Waals surface area contributed by atoms with Crippen molar-refractivity contribution in [3.63, 3.8) is 0 Å². The number of ether oxygens (including phenoxy) is 8. The molecule has 17 nitrogen and oxygen atoms in total. The van der Waals surface area contributed by atoms with Gasteiger partial charge in [-0.2, -0.15) is 0 Å². The number of anilines is 1. The van der Waals surface area contributed by atoms with Crippen molar-refractivity contribution in [3.8, 4) is 79.9 Å². The summed E-state index contributed by atoms with van der Waals surface area (Å²) in [4.78, 5) is 26.9. The van der Waals surface area contributed by atoms with Crippen molar-refractivity contribution in [2.45, 2.75) is 17.2 Å². The number of pyridine rings is 5. The van der Waals surface area contributed by atoms with Gasteiger partial charge in [-0.15, -0.1) is 0 Å². The molecule has 1 radical (unpaired) electrons. The lowest BCUT2D eigenvalue weighted by molar-refractivity contribution is -0.661. The molecule has 293 valence electrons. The van der Waals surface area contributed by atoms with Crippen molar-refractivity contribution in [1.29, 1.82) is 0 Å². The lowest BCUT2D eigenvalue weighted by atomic mass is 9.96. The molecule has 0 aliphatic carbocycles. The van der Waals surface area contributed by atoms with Crippen molar-refractivity contribution in [1.82, 2.24) is 29.9 Å². The summed E-state index contributed by atoms with van der Waals surface area (Å²) in [6.07, 6.45) is 5.11. The van der Waals surface area contributed by atoms with Crippen LogP contribution in [0.5, 0.6) is 46.3 Å². The number of fused-ring (bicyclic) bond motifs is 6. The summed E-state index contributed by atoms with van der Waals surface area (Å²) in [5.41, 5.74) is 9.03. The molecule has 3 N–H and O–H groups in total. The highest BCUT2D eigenvalue weighted by atomic mass is 32.2. The van der Waals surface area contributed by atoms with Crippen LogP contribution in [0.25, 0.3) is 44.7 Å². The first-order valence-corrected chi connectivity index (χ1v) is 19.6. The second kappa shape index (κ2) is 13.5. The number of hydrogen-bond acceptors (Lipinski definition) is 16. The van der Waals surface area contributed by atoms with Gasteiger partial charge in [0.1, 0.15) is 51.0 Å². The van der Waals surface area contributed by atoms with E-state index in [1.807, 2.05) is 42.5 Å². The van der Waals surface area contributed by atoms with Crippen molar-refractivity contribution in [3.05, 3.63) is 95.8 Å². The Morgan fingerprint density at radius 2 is 1.58 bits per heavy atom. The van der Waals surface area contributed by atoms with E-state index in [-0.39, 0.29) is 4.58 Å². The summed E-state index contributed by atoms with van der Waals surface area (Å²) >= 11 is 1.04. The molecule has 0 bridgehead atoms. The van der Waals surface area contributed by atoms with E-state index in [4.69, 9.17) is 47.9 Å². The molecule has 0 spiro atoms. The van der Waals surface area contributed by atoms with Crippen LogP contribution < -0.4 is 47.9 Å². The molecule has 7 aromatic rings. The molecular formula is C41H29N8O9S. The van der Waals surface area contributed by atoms with Crippen LogP contribution in [0.1, 0.15) is 23.5 Å². The first kappa shape index (κ1) is 34.1.